The van der Waals surface area contributed by atoms with E-state index in [1.165, 1.54) is 28.0 Å². The number of likely N-dealkylation sites (N-methyl/N-ethyl adjacent to an activating group) is 1. The standard InChI is InChI=1S/C13H16N4O3S2/c1-15-6-10(18)17-4-3-16(5-9(17)12(15)20)11(19)8-7-22-13(14-8)21-2/h7,9H,3-6H2,1-2H3/t9-/m1/s1. The Kier molecular flexibility index (Phi) is 4.09. The van der Waals surface area contributed by atoms with E-state index in [0.29, 0.717) is 18.8 Å². The maximum Gasteiger partial charge on any atom is 0.273 e. The van der Waals surface area contributed by atoms with E-state index < -0.39 is 6.04 Å². The van der Waals surface area contributed by atoms with Crippen molar-refractivity contribution in [2.24, 2.45) is 0 Å². The van der Waals surface area contributed by atoms with Gasteiger partial charge in [0.2, 0.25) is 11.8 Å². The maximum atomic E-state index is 12.5. The Bertz CT molecular complexity index is 633. The third-order valence-electron chi connectivity index (χ3n) is 3.90. The average molecular weight is 340 g/mol. The first-order valence-corrected chi connectivity index (χ1v) is 8.95. The fourth-order valence-electron chi connectivity index (χ4n) is 2.71. The van der Waals surface area contributed by atoms with Gasteiger partial charge in [0.05, 0.1) is 13.1 Å². The van der Waals surface area contributed by atoms with Crippen LogP contribution >= 0.6 is 23.1 Å². The molecule has 118 valence electrons. The fraction of sp³-hybridized carbons (Fsp3) is 0.538. The van der Waals surface area contributed by atoms with Crippen molar-refractivity contribution in [2.75, 3.05) is 39.5 Å². The van der Waals surface area contributed by atoms with Gasteiger partial charge in [-0.1, -0.05) is 11.8 Å². The number of rotatable bonds is 2. The molecule has 0 N–H and O–H groups in total. The van der Waals surface area contributed by atoms with Crippen LogP contribution in [0, 0.1) is 0 Å². The quantitative estimate of drug-likeness (QED) is 0.708. The predicted octanol–water partition coefficient (Wildman–Crippen LogP) is -0.01000. The largest absolute Gasteiger partial charge is 0.335 e. The third-order valence-corrected chi connectivity index (χ3v) is 5.76. The maximum absolute atomic E-state index is 12.5. The van der Waals surface area contributed by atoms with Crippen molar-refractivity contribution >= 4 is 40.8 Å². The molecule has 2 aliphatic rings. The molecule has 7 nitrogen and oxygen atoms in total. The lowest BCUT2D eigenvalue weighted by Gasteiger charge is -2.45. The number of aromatic nitrogens is 1. The van der Waals surface area contributed by atoms with E-state index in [1.807, 2.05) is 6.26 Å². The number of carbonyl (C=O) groups is 3. The first kappa shape index (κ1) is 15.3. The Morgan fingerprint density at radius 3 is 2.86 bits per heavy atom. The summed E-state index contributed by atoms with van der Waals surface area (Å²) in [4.78, 5) is 45.6. The summed E-state index contributed by atoms with van der Waals surface area (Å²) in [7, 11) is 1.61. The second-order valence-electron chi connectivity index (χ2n) is 5.25. The molecule has 0 radical (unpaired) electrons. The molecular formula is C13H16N4O3S2. The van der Waals surface area contributed by atoms with Gasteiger partial charge in [-0.25, -0.2) is 4.98 Å². The second kappa shape index (κ2) is 5.88. The summed E-state index contributed by atoms with van der Waals surface area (Å²) in [6.45, 7) is 1.19. The summed E-state index contributed by atoms with van der Waals surface area (Å²) >= 11 is 2.93. The van der Waals surface area contributed by atoms with Gasteiger partial charge in [0, 0.05) is 25.5 Å². The van der Waals surface area contributed by atoms with E-state index in [1.54, 1.807) is 22.2 Å². The number of nitrogens with zero attached hydrogens (tertiary/aromatic N) is 4. The molecule has 3 amide bonds. The highest BCUT2D eigenvalue weighted by molar-refractivity contribution is 8.00. The van der Waals surface area contributed by atoms with Gasteiger partial charge in [0.25, 0.3) is 5.91 Å². The van der Waals surface area contributed by atoms with Gasteiger partial charge < -0.3 is 14.7 Å². The number of thioether (sulfide) groups is 1. The molecule has 1 aromatic rings. The van der Waals surface area contributed by atoms with Crippen molar-refractivity contribution in [1.82, 2.24) is 19.7 Å². The van der Waals surface area contributed by atoms with Crippen LogP contribution in [-0.4, -0.2) is 82.9 Å². The molecule has 0 spiro atoms. The van der Waals surface area contributed by atoms with Gasteiger partial charge in [0.15, 0.2) is 0 Å². The van der Waals surface area contributed by atoms with Gasteiger partial charge >= 0.3 is 0 Å². The molecule has 2 fully saturated rings. The number of hydrogen-bond donors (Lipinski definition) is 0. The summed E-state index contributed by atoms with van der Waals surface area (Å²) in [5.41, 5.74) is 0.408. The Hall–Kier alpha value is -1.61. The van der Waals surface area contributed by atoms with E-state index in [4.69, 9.17) is 0 Å². The van der Waals surface area contributed by atoms with E-state index >= 15 is 0 Å². The molecular weight excluding hydrogens is 324 g/mol. The van der Waals surface area contributed by atoms with Crippen LogP contribution in [0.15, 0.2) is 9.72 Å². The minimum Gasteiger partial charge on any atom is -0.335 e. The number of piperazine rings is 2. The third kappa shape index (κ3) is 2.58. The van der Waals surface area contributed by atoms with Crippen LogP contribution < -0.4 is 0 Å². The minimum absolute atomic E-state index is 0.0578. The van der Waals surface area contributed by atoms with Gasteiger partial charge in [-0.2, -0.15) is 0 Å². The predicted molar refractivity (Wildman–Crippen MR) is 82.9 cm³/mol. The molecule has 3 heterocycles. The van der Waals surface area contributed by atoms with Crippen molar-refractivity contribution < 1.29 is 14.4 Å². The van der Waals surface area contributed by atoms with Gasteiger partial charge in [-0.3, -0.25) is 14.4 Å². The van der Waals surface area contributed by atoms with Crippen molar-refractivity contribution in [1.29, 1.82) is 0 Å². The molecule has 0 unspecified atom stereocenters. The zero-order valence-corrected chi connectivity index (χ0v) is 13.9. The lowest BCUT2D eigenvalue weighted by atomic mass is 10.1. The lowest BCUT2D eigenvalue weighted by Crippen LogP contribution is -2.66. The SMILES string of the molecule is CSc1nc(C(=O)N2CCN3C(=O)CN(C)C(=O)[C@H]3C2)cs1. The molecule has 1 aromatic heterocycles. The van der Waals surface area contributed by atoms with E-state index in [0.717, 1.165) is 4.34 Å². The molecule has 0 bridgehead atoms. The summed E-state index contributed by atoms with van der Waals surface area (Å²) in [5, 5.41) is 1.74. The first-order valence-electron chi connectivity index (χ1n) is 6.84. The van der Waals surface area contributed by atoms with Gasteiger partial charge in [0.1, 0.15) is 16.1 Å². The van der Waals surface area contributed by atoms with Crippen LogP contribution in [0.4, 0.5) is 0 Å². The Morgan fingerprint density at radius 2 is 2.18 bits per heavy atom. The molecule has 0 aliphatic carbocycles. The Morgan fingerprint density at radius 1 is 1.41 bits per heavy atom. The van der Waals surface area contributed by atoms with Crippen LogP contribution in [0.1, 0.15) is 10.5 Å². The molecule has 0 saturated carbocycles. The second-order valence-corrected chi connectivity index (χ2v) is 7.16. The molecule has 2 saturated heterocycles. The Balaban J connectivity index is 1.76. The van der Waals surface area contributed by atoms with Crippen molar-refractivity contribution in [3.05, 3.63) is 11.1 Å². The van der Waals surface area contributed by atoms with Crippen LogP contribution in [0.2, 0.25) is 0 Å². The zero-order chi connectivity index (χ0) is 15.9. The summed E-state index contributed by atoms with van der Waals surface area (Å²) < 4.78 is 0.839. The number of fused-ring (bicyclic) bond motifs is 1. The molecule has 1 atom stereocenters. The highest BCUT2D eigenvalue weighted by Gasteiger charge is 2.42. The molecule has 0 aromatic carbocycles. The van der Waals surface area contributed by atoms with Crippen LogP contribution in [0.25, 0.3) is 0 Å². The number of carbonyl (C=O) groups excluding carboxylic acids is 3. The number of amides is 3. The molecule has 9 heteroatoms. The average Bonchev–Trinajstić information content (AvgIpc) is 3.00. The minimum atomic E-state index is -0.567. The van der Waals surface area contributed by atoms with Crippen molar-refractivity contribution in [3.63, 3.8) is 0 Å². The summed E-state index contributed by atoms with van der Waals surface area (Å²) in [6.07, 6.45) is 1.91. The number of thiazole rings is 1. The van der Waals surface area contributed by atoms with Gasteiger partial charge in [-0.05, 0) is 6.26 Å². The van der Waals surface area contributed by atoms with E-state index in [9.17, 15) is 14.4 Å². The summed E-state index contributed by atoms with van der Waals surface area (Å²) in [5.74, 6) is -0.345. The van der Waals surface area contributed by atoms with Crippen molar-refractivity contribution in [2.45, 2.75) is 10.4 Å². The first-order chi connectivity index (χ1) is 10.5. The monoisotopic (exact) mass is 340 g/mol. The molecule has 2 aliphatic heterocycles. The fourth-order valence-corrected chi connectivity index (χ4v) is 3.95. The smallest absolute Gasteiger partial charge is 0.273 e. The summed E-state index contributed by atoms with van der Waals surface area (Å²) in [6, 6.07) is -0.567. The number of hydrogen-bond acceptors (Lipinski definition) is 6. The molecule has 3 rings (SSSR count). The zero-order valence-electron chi connectivity index (χ0n) is 12.3. The van der Waals surface area contributed by atoms with Crippen LogP contribution in [0.3, 0.4) is 0 Å². The molecule has 22 heavy (non-hydrogen) atoms. The lowest BCUT2D eigenvalue weighted by molar-refractivity contribution is -0.157. The Labute approximate surface area is 136 Å². The normalized spacial score (nSPS) is 22.1. The van der Waals surface area contributed by atoms with E-state index in [2.05, 4.69) is 4.98 Å². The van der Waals surface area contributed by atoms with E-state index in [-0.39, 0.29) is 30.8 Å². The van der Waals surface area contributed by atoms with Crippen LogP contribution in [0.5, 0.6) is 0 Å². The highest BCUT2D eigenvalue weighted by atomic mass is 32.2. The van der Waals surface area contributed by atoms with Crippen molar-refractivity contribution in [3.8, 4) is 0 Å². The van der Waals surface area contributed by atoms with Crippen LogP contribution in [-0.2, 0) is 9.59 Å². The van der Waals surface area contributed by atoms with Gasteiger partial charge in [-0.15, -0.1) is 11.3 Å². The highest BCUT2D eigenvalue weighted by Crippen LogP contribution is 2.22. The topological polar surface area (TPSA) is 73.8 Å².